The molecular formula is C15H14F6O2. The zero-order valence-electron chi connectivity index (χ0n) is 12.0. The zero-order valence-corrected chi connectivity index (χ0v) is 12.0. The summed E-state index contributed by atoms with van der Waals surface area (Å²) < 4.78 is 79.5. The first kappa shape index (κ1) is 17.8. The van der Waals surface area contributed by atoms with Gasteiger partial charge in [-0.25, -0.2) is 0 Å². The highest BCUT2D eigenvalue weighted by Crippen LogP contribution is 2.43. The molecule has 23 heavy (non-hydrogen) atoms. The van der Waals surface area contributed by atoms with Gasteiger partial charge in [0, 0.05) is 5.41 Å². The van der Waals surface area contributed by atoms with Gasteiger partial charge in [-0.1, -0.05) is 18.2 Å². The van der Waals surface area contributed by atoms with E-state index in [1.807, 2.05) is 0 Å². The van der Waals surface area contributed by atoms with Gasteiger partial charge in [-0.3, -0.25) is 4.79 Å². The van der Waals surface area contributed by atoms with Crippen molar-refractivity contribution in [1.29, 1.82) is 0 Å². The second-order valence-electron chi connectivity index (χ2n) is 5.64. The lowest BCUT2D eigenvalue weighted by atomic mass is 9.84. The Morgan fingerprint density at radius 1 is 1.09 bits per heavy atom. The maximum atomic E-state index is 12.5. The largest absolute Gasteiger partial charge is 0.423 e. The molecule has 2 aliphatic carbocycles. The summed E-state index contributed by atoms with van der Waals surface area (Å²) in [4.78, 5) is 11.1. The predicted molar refractivity (Wildman–Crippen MR) is 69.5 cm³/mol. The number of carbonyl (C=O) groups excluding carboxylic acids is 1. The van der Waals surface area contributed by atoms with Crippen LogP contribution in [0.3, 0.4) is 0 Å². The van der Waals surface area contributed by atoms with Gasteiger partial charge in [-0.2, -0.15) is 26.3 Å². The number of alkyl halides is 6. The predicted octanol–water partition coefficient (Wildman–Crippen LogP) is 4.29. The molecule has 0 bridgehead atoms. The van der Waals surface area contributed by atoms with Crippen molar-refractivity contribution in [3.05, 3.63) is 36.0 Å². The molecule has 1 spiro atoms. The van der Waals surface area contributed by atoms with Crippen molar-refractivity contribution < 1.29 is 35.9 Å². The van der Waals surface area contributed by atoms with Gasteiger partial charge in [-0.05, 0) is 37.5 Å². The minimum absolute atomic E-state index is 0.212. The summed E-state index contributed by atoms with van der Waals surface area (Å²) in [5.74, 6) is -0.212. The average molecular weight is 340 g/mol. The van der Waals surface area contributed by atoms with Gasteiger partial charge < -0.3 is 4.74 Å². The lowest BCUT2D eigenvalue weighted by molar-refractivity contribution is -0.327. The van der Waals surface area contributed by atoms with Crippen molar-refractivity contribution in [2.24, 2.45) is 5.41 Å². The molecular weight excluding hydrogens is 326 g/mol. The number of allylic oxidation sites excluding steroid dienone is 5. The van der Waals surface area contributed by atoms with Crippen molar-refractivity contribution >= 4 is 5.78 Å². The van der Waals surface area contributed by atoms with Gasteiger partial charge in [0.1, 0.15) is 0 Å². The fraction of sp³-hybridized carbons (Fsp3) is 0.533. The fourth-order valence-corrected chi connectivity index (χ4v) is 2.65. The normalized spacial score (nSPS) is 22.1. The lowest BCUT2D eigenvalue weighted by Gasteiger charge is -2.27. The second kappa shape index (κ2) is 5.81. The number of hydrogen-bond donors (Lipinski definition) is 0. The molecule has 2 rings (SSSR count). The summed E-state index contributed by atoms with van der Waals surface area (Å²) in [6, 6.07) is 0. The van der Waals surface area contributed by atoms with Gasteiger partial charge in [0.25, 0.3) is 0 Å². The van der Waals surface area contributed by atoms with Gasteiger partial charge in [-0.15, -0.1) is 0 Å². The Kier molecular flexibility index (Phi) is 4.49. The van der Waals surface area contributed by atoms with E-state index >= 15 is 0 Å². The molecule has 8 heteroatoms. The minimum atomic E-state index is -5.53. The molecule has 0 aromatic heterocycles. The summed E-state index contributed by atoms with van der Waals surface area (Å²) in [5.41, 5.74) is -0.278. The number of ether oxygens (including phenoxy) is 1. The summed E-state index contributed by atoms with van der Waals surface area (Å²) in [5, 5.41) is 0. The van der Waals surface area contributed by atoms with E-state index in [9.17, 15) is 31.1 Å². The topological polar surface area (TPSA) is 26.3 Å². The van der Waals surface area contributed by atoms with Crippen LogP contribution in [0.5, 0.6) is 0 Å². The number of ketones is 1. The third-order valence-corrected chi connectivity index (χ3v) is 3.87. The van der Waals surface area contributed by atoms with Crippen molar-refractivity contribution in [2.45, 2.75) is 44.3 Å². The Morgan fingerprint density at radius 3 is 2.09 bits per heavy atom. The molecule has 0 aromatic carbocycles. The third kappa shape index (κ3) is 4.04. The molecule has 1 unspecified atom stereocenters. The van der Waals surface area contributed by atoms with Crippen LogP contribution in [0, 0.1) is 5.41 Å². The Hall–Kier alpha value is -1.57. The smallest absolute Gasteiger partial charge is 0.353 e. The first-order valence-electron chi connectivity index (χ1n) is 6.86. The maximum Gasteiger partial charge on any atom is 0.423 e. The van der Waals surface area contributed by atoms with Gasteiger partial charge >= 0.3 is 12.4 Å². The van der Waals surface area contributed by atoms with Gasteiger partial charge in [0.15, 0.2) is 5.78 Å². The van der Waals surface area contributed by atoms with Gasteiger partial charge in [0.05, 0.1) is 6.10 Å². The quantitative estimate of drug-likeness (QED) is 0.566. The van der Waals surface area contributed by atoms with E-state index in [0.29, 0.717) is 18.4 Å². The molecule has 0 fully saturated rings. The Morgan fingerprint density at radius 2 is 1.61 bits per heavy atom. The SMILES string of the molecule is CC(OC(C(F)(F)F)C(F)(F)F)C1=CC2(C=CC(=O)C=C2)CC1. The third-order valence-electron chi connectivity index (χ3n) is 3.87. The lowest BCUT2D eigenvalue weighted by Crippen LogP contribution is -2.46. The van der Waals surface area contributed by atoms with E-state index in [4.69, 9.17) is 0 Å². The Balaban J connectivity index is 2.15. The minimum Gasteiger partial charge on any atom is -0.353 e. The highest BCUT2D eigenvalue weighted by molar-refractivity contribution is 6.00. The zero-order chi connectivity index (χ0) is 17.5. The number of halogens is 6. The number of carbonyl (C=O) groups is 1. The van der Waals surface area contributed by atoms with E-state index in [1.54, 1.807) is 18.2 Å². The van der Waals surface area contributed by atoms with Crippen molar-refractivity contribution in [3.8, 4) is 0 Å². The van der Waals surface area contributed by atoms with Crippen molar-refractivity contribution in [2.75, 3.05) is 0 Å². The van der Waals surface area contributed by atoms with Crippen molar-refractivity contribution in [3.63, 3.8) is 0 Å². The number of hydrogen-bond acceptors (Lipinski definition) is 2. The molecule has 2 nitrogen and oxygen atoms in total. The monoisotopic (exact) mass is 340 g/mol. The molecule has 1 atom stereocenters. The van der Waals surface area contributed by atoms with E-state index in [1.165, 1.54) is 12.2 Å². The van der Waals surface area contributed by atoms with Gasteiger partial charge in [0.2, 0.25) is 6.10 Å². The molecule has 0 radical (unpaired) electrons. The molecule has 0 saturated carbocycles. The van der Waals surface area contributed by atoms with Crippen LogP contribution in [-0.4, -0.2) is 30.3 Å². The van der Waals surface area contributed by atoms with Crippen LogP contribution < -0.4 is 0 Å². The van der Waals surface area contributed by atoms with E-state index in [-0.39, 0.29) is 5.78 Å². The van der Waals surface area contributed by atoms with E-state index in [2.05, 4.69) is 4.74 Å². The standard InChI is InChI=1S/C15H14F6O2/c1-9(23-12(14(16,17)18)15(19,20)21)10-2-5-13(8-10)6-3-11(22)4-7-13/h3-4,6-9,12H,2,5H2,1H3. The van der Waals surface area contributed by atoms with Crippen molar-refractivity contribution in [1.82, 2.24) is 0 Å². The van der Waals surface area contributed by atoms with E-state index in [0.717, 1.165) is 6.92 Å². The van der Waals surface area contributed by atoms with Crippen LogP contribution in [0.2, 0.25) is 0 Å². The summed E-state index contributed by atoms with van der Waals surface area (Å²) in [6.07, 6.45) is -8.00. The molecule has 0 N–H and O–H groups in total. The Bertz CT molecular complexity index is 537. The summed E-state index contributed by atoms with van der Waals surface area (Å²) >= 11 is 0. The Labute approximate surface area is 128 Å². The van der Waals surface area contributed by atoms with Crippen LogP contribution in [0.4, 0.5) is 26.3 Å². The highest BCUT2D eigenvalue weighted by atomic mass is 19.4. The molecule has 0 aliphatic heterocycles. The molecule has 0 saturated heterocycles. The first-order chi connectivity index (χ1) is 10.4. The first-order valence-corrected chi connectivity index (χ1v) is 6.86. The molecule has 0 amide bonds. The summed E-state index contributed by atoms with van der Waals surface area (Å²) in [6.45, 7) is 1.16. The number of rotatable bonds is 3. The summed E-state index contributed by atoms with van der Waals surface area (Å²) in [7, 11) is 0. The average Bonchev–Trinajstić information content (AvgIpc) is 2.81. The second-order valence-corrected chi connectivity index (χ2v) is 5.64. The van der Waals surface area contributed by atoms with Crippen LogP contribution in [0.1, 0.15) is 19.8 Å². The molecule has 0 aromatic rings. The van der Waals surface area contributed by atoms with Crippen LogP contribution in [-0.2, 0) is 9.53 Å². The molecule has 128 valence electrons. The molecule has 2 aliphatic rings. The van der Waals surface area contributed by atoms with E-state index < -0.39 is 30.0 Å². The maximum absolute atomic E-state index is 12.5. The molecule has 0 heterocycles. The fourth-order valence-electron chi connectivity index (χ4n) is 2.65. The van der Waals surface area contributed by atoms with Crippen LogP contribution >= 0.6 is 0 Å². The highest BCUT2D eigenvalue weighted by Gasteiger charge is 2.58. The van der Waals surface area contributed by atoms with Crippen LogP contribution in [0.25, 0.3) is 0 Å². The van der Waals surface area contributed by atoms with Crippen LogP contribution in [0.15, 0.2) is 36.0 Å².